The van der Waals surface area contributed by atoms with Gasteiger partial charge in [-0.1, -0.05) is 0 Å². The summed E-state index contributed by atoms with van der Waals surface area (Å²) in [5.74, 6) is 0.457. The Bertz CT molecular complexity index is 467. The fourth-order valence-electron chi connectivity index (χ4n) is 1.32. The third-order valence-electron chi connectivity index (χ3n) is 2.02. The lowest BCUT2D eigenvalue weighted by atomic mass is 9.99. The van der Waals surface area contributed by atoms with Gasteiger partial charge >= 0.3 is 0 Å². The Balaban J connectivity index is 3.47. The zero-order valence-electron chi connectivity index (χ0n) is 8.15. The minimum absolute atomic E-state index is 0.0494. The van der Waals surface area contributed by atoms with Crippen LogP contribution in [0.5, 0.6) is 5.75 Å². The van der Waals surface area contributed by atoms with Crippen LogP contribution in [0.1, 0.15) is 21.5 Å². The van der Waals surface area contributed by atoms with E-state index in [0.29, 0.717) is 17.6 Å². The Hall–Kier alpha value is -2.33. The van der Waals surface area contributed by atoms with Crippen LogP contribution in [0.15, 0.2) is 12.1 Å². The smallest absolute Gasteiger partial charge is 0.151 e. The molecule has 0 spiro atoms. The van der Waals surface area contributed by atoms with E-state index in [1.165, 1.54) is 13.2 Å². The number of nitriles is 2. The Morgan fingerprint density at radius 2 is 2.20 bits per heavy atom. The van der Waals surface area contributed by atoms with Gasteiger partial charge in [-0.3, -0.25) is 4.79 Å². The molecule has 74 valence electrons. The van der Waals surface area contributed by atoms with Crippen LogP contribution in [0.2, 0.25) is 0 Å². The van der Waals surface area contributed by atoms with E-state index in [1.54, 1.807) is 6.07 Å². The molecule has 0 amide bonds. The van der Waals surface area contributed by atoms with Gasteiger partial charge in [0, 0.05) is 11.1 Å². The van der Waals surface area contributed by atoms with Crippen LogP contribution in [0.3, 0.4) is 0 Å². The Morgan fingerprint density at radius 1 is 1.47 bits per heavy atom. The molecule has 0 unspecified atom stereocenters. The summed E-state index contributed by atoms with van der Waals surface area (Å²) in [6.07, 6.45) is 0.645. The first kappa shape index (κ1) is 10.7. The van der Waals surface area contributed by atoms with Crippen molar-refractivity contribution in [2.75, 3.05) is 7.11 Å². The molecule has 1 rings (SSSR count). The van der Waals surface area contributed by atoms with E-state index in [4.69, 9.17) is 15.3 Å². The molecule has 4 heteroatoms. The summed E-state index contributed by atoms with van der Waals surface area (Å²) in [4.78, 5) is 10.7. The SMILES string of the molecule is COc1ccc(C=O)c(C#N)c1CC#N. The summed E-state index contributed by atoms with van der Waals surface area (Å²) in [7, 11) is 1.46. The number of rotatable bonds is 3. The number of hydrogen-bond acceptors (Lipinski definition) is 4. The third kappa shape index (κ3) is 1.95. The molecule has 1 aromatic carbocycles. The Morgan fingerprint density at radius 3 is 2.67 bits per heavy atom. The van der Waals surface area contributed by atoms with Crippen molar-refractivity contribution in [1.29, 1.82) is 10.5 Å². The third-order valence-corrected chi connectivity index (χ3v) is 2.02. The number of methoxy groups -OCH3 is 1. The van der Waals surface area contributed by atoms with E-state index < -0.39 is 0 Å². The maximum atomic E-state index is 10.7. The van der Waals surface area contributed by atoms with E-state index in [1.807, 2.05) is 12.1 Å². The minimum Gasteiger partial charge on any atom is -0.496 e. The second-order valence-corrected chi connectivity index (χ2v) is 2.78. The van der Waals surface area contributed by atoms with Crippen LogP contribution in [-0.4, -0.2) is 13.4 Å². The number of carbonyl (C=O) groups is 1. The number of ether oxygens (including phenoxy) is 1. The lowest BCUT2D eigenvalue weighted by Crippen LogP contribution is -1.99. The first-order chi connectivity index (χ1) is 7.28. The first-order valence-electron chi connectivity index (χ1n) is 4.20. The van der Waals surface area contributed by atoms with Crippen LogP contribution >= 0.6 is 0 Å². The summed E-state index contributed by atoms with van der Waals surface area (Å²) in [6.45, 7) is 0. The first-order valence-corrected chi connectivity index (χ1v) is 4.20. The van der Waals surface area contributed by atoms with E-state index in [9.17, 15) is 4.79 Å². The highest BCUT2D eigenvalue weighted by molar-refractivity contribution is 5.81. The van der Waals surface area contributed by atoms with Crippen molar-refractivity contribution in [2.45, 2.75) is 6.42 Å². The maximum Gasteiger partial charge on any atom is 0.151 e. The minimum atomic E-state index is 0.0494. The summed E-state index contributed by atoms with van der Waals surface area (Å²) < 4.78 is 5.02. The molecular formula is C11H8N2O2. The van der Waals surface area contributed by atoms with E-state index in [-0.39, 0.29) is 17.5 Å². The van der Waals surface area contributed by atoms with Gasteiger partial charge in [-0.15, -0.1) is 0 Å². The summed E-state index contributed by atoms with van der Waals surface area (Å²) in [5, 5.41) is 17.5. The molecule has 0 heterocycles. The van der Waals surface area contributed by atoms with Crippen LogP contribution < -0.4 is 4.74 Å². The van der Waals surface area contributed by atoms with Crippen molar-refractivity contribution in [3.63, 3.8) is 0 Å². The quantitative estimate of drug-likeness (QED) is 0.692. The highest BCUT2D eigenvalue weighted by atomic mass is 16.5. The van der Waals surface area contributed by atoms with Gasteiger partial charge in [-0.05, 0) is 12.1 Å². The molecule has 0 atom stereocenters. The van der Waals surface area contributed by atoms with Crippen LogP contribution in [0.25, 0.3) is 0 Å². The molecule has 0 aliphatic rings. The standard InChI is InChI=1S/C11H8N2O2/c1-15-11-3-2-8(7-14)10(6-13)9(11)4-5-12/h2-3,7H,4H2,1H3. The van der Waals surface area contributed by atoms with Gasteiger partial charge in [0.1, 0.15) is 11.8 Å². The zero-order chi connectivity index (χ0) is 11.3. The topological polar surface area (TPSA) is 73.9 Å². The van der Waals surface area contributed by atoms with Gasteiger partial charge < -0.3 is 4.74 Å². The fourth-order valence-corrected chi connectivity index (χ4v) is 1.32. The average Bonchev–Trinajstić information content (AvgIpc) is 2.28. The van der Waals surface area contributed by atoms with Gasteiger partial charge in [0.15, 0.2) is 6.29 Å². The van der Waals surface area contributed by atoms with Crippen molar-refractivity contribution in [3.05, 3.63) is 28.8 Å². The fraction of sp³-hybridized carbons (Fsp3) is 0.182. The molecule has 1 aromatic rings. The average molecular weight is 200 g/mol. The largest absolute Gasteiger partial charge is 0.496 e. The molecule has 0 aromatic heterocycles. The number of aldehydes is 1. The predicted molar refractivity (Wildman–Crippen MR) is 52.4 cm³/mol. The summed E-state index contributed by atoms with van der Waals surface area (Å²) in [6, 6.07) is 6.94. The van der Waals surface area contributed by atoms with E-state index in [2.05, 4.69) is 0 Å². The molecule has 15 heavy (non-hydrogen) atoms. The molecule has 0 saturated carbocycles. The number of benzene rings is 1. The van der Waals surface area contributed by atoms with Crippen molar-refractivity contribution in [1.82, 2.24) is 0 Å². The van der Waals surface area contributed by atoms with Gasteiger partial charge in [0.05, 0.1) is 25.2 Å². The monoisotopic (exact) mass is 200 g/mol. The Kier molecular flexibility index (Phi) is 3.43. The van der Waals surface area contributed by atoms with Gasteiger partial charge in [0.25, 0.3) is 0 Å². The molecule has 0 aliphatic heterocycles. The molecule has 0 fully saturated rings. The second kappa shape index (κ2) is 4.78. The molecular weight excluding hydrogens is 192 g/mol. The lowest BCUT2D eigenvalue weighted by molar-refractivity contribution is 0.112. The van der Waals surface area contributed by atoms with Crippen molar-refractivity contribution in [2.24, 2.45) is 0 Å². The van der Waals surface area contributed by atoms with E-state index >= 15 is 0 Å². The van der Waals surface area contributed by atoms with E-state index in [0.717, 1.165) is 0 Å². The molecule has 0 radical (unpaired) electrons. The normalized spacial score (nSPS) is 8.73. The zero-order valence-corrected chi connectivity index (χ0v) is 8.15. The summed E-state index contributed by atoms with van der Waals surface area (Å²) >= 11 is 0. The van der Waals surface area contributed by atoms with Crippen molar-refractivity contribution in [3.8, 4) is 17.9 Å². The predicted octanol–water partition coefficient (Wildman–Crippen LogP) is 1.45. The summed E-state index contributed by atoms with van der Waals surface area (Å²) in [5.41, 5.74) is 0.960. The van der Waals surface area contributed by atoms with Crippen molar-refractivity contribution >= 4 is 6.29 Å². The number of nitrogens with zero attached hydrogens (tertiary/aromatic N) is 2. The highest BCUT2D eigenvalue weighted by Crippen LogP contribution is 2.24. The maximum absolute atomic E-state index is 10.7. The molecule has 4 nitrogen and oxygen atoms in total. The highest BCUT2D eigenvalue weighted by Gasteiger charge is 2.12. The molecule has 0 N–H and O–H groups in total. The number of hydrogen-bond donors (Lipinski definition) is 0. The van der Waals surface area contributed by atoms with Crippen LogP contribution in [0.4, 0.5) is 0 Å². The van der Waals surface area contributed by atoms with Gasteiger partial charge in [0.2, 0.25) is 0 Å². The van der Waals surface area contributed by atoms with Crippen LogP contribution in [-0.2, 0) is 6.42 Å². The Labute approximate surface area is 87.3 Å². The van der Waals surface area contributed by atoms with Gasteiger partial charge in [-0.25, -0.2) is 0 Å². The van der Waals surface area contributed by atoms with Crippen molar-refractivity contribution < 1.29 is 9.53 Å². The van der Waals surface area contributed by atoms with Gasteiger partial charge in [-0.2, -0.15) is 10.5 Å². The number of carbonyl (C=O) groups excluding carboxylic acids is 1. The molecule has 0 aliphatic carbocycles. The second-order valence-electron chi connectivity index (χ2n) is 2.78. The lowest BCUT2D eigenvalue weighted by Gasteiger charge is -2.08. The van der Waals surface area contributed by atoms with Crippen LogP contribution in [0, 0.1) is 22.7 Å². The molecule has 0 bridgehead atoms. The molecule has 0 saturated heterocycles.